The highest BCUT2D eigenvalue weighted by atomic mass is 32.1. The molecule has 0 bridgehead atoms. The fourth-order valence-electron chi connectivity index (χ4n) is 8.38. The molecule has 0 atom stereocenters. The summed E-state index contributed by atoms with van der Waals surface area (Å²) in [5.74, 6) is 1.80. The van der Waals surface area contributed by atoms with Crippen LogP contribution in [-0.4, -0.2) is 15.0 Å². The van der Waals surface area contributed by atoms with E-state index < -0.39 is 0 Å². The highest BCUT2D eigenvalue weighted by molar-refractivity contribution is 7.26. The Morgan fingerprint density at radius 3 is 1.76 bits per heavy atom. The van der Waals surface area contributed by atoms with Gasteiger partial charge in [-0.3, -0.25) is 0 Å². The van der Waals surface area contributed by atoms with Crippen LogP contribution >= 0.6 is 11.3 Å². The Morgan fingerprint density at radius 2 is 0.931 bits per heavy atom. The number of fused-ring (bicyclic) bond motifs is 8. The first-order valence-electron chi connectivity index (χ1n) is 19.4. The fraction of sp³-hybridized carbons (Fsp3) is 0. The lowest BCUT2D eigenvalue weighted by molar-refractivity contribution is 0.669. The maximum atomic E-state index is 6.52. The second-order valence-corrected chi connectivity index (χ2v) is 15.9. The Balaban J connectivity index is 1.08. The van der Waals surface area contributed by atoms with Gasteiger partial charge in [-0.1, -0.05) is 133 Å². The molecular weight excluding hydrogens is 727 g/mol. The van der Waals surface area contributed by atoms with Gasteiger partial charge in [0.25, 0.3) is 0 Å². The number of hydrogen-bond acceptors (Lipinski definition) is 5. The van der Waals surface area contributed by atoms with Crippen LogP contribution in [0.15, 0.2) is 192 Å². The first-order chi connectivity index (χ1) is 28.7. The number of benzene rings is 9. The molecule has 0 saturated heterocycles. The average molecular weight is 758 g/mol. The number of rotatable bonds is 5. The molecule has 4 nitrogen and oxygen atoms in total. The predicted octanol–water partition coefficient (Wildman–Crippen LogP) is 14.8. The molecule has 270 valence electrons. The molecule has 3 heterocycles. The maximum Gasteiger partial charge on any atom is 0.164 e. The minimum absolute atomic E-state index is 0.582. The molecule has 12 rings (SSSR count). The molecule has 9 aromatic carbocycles. The van der Waals surface area contributed by atoms with Crippen molar-refractivity contribution >= 4 is 75.0 Å². The van der Waals surface area contributed by atoms with Crippen molar-refractivity contribution in [1.82, 2.24) is 15.0 Å². The lowest BCUT2D eigenvalue weighted by Crippen LogP contribution is -2.00. The summed E-state index contributed by atoms with van der Waals surface area (Å²) in [6, 6.07) is 66.4. The summed E-state index contributed by atoms with van der Waals surface area (Å²) >= 11 is 1.84. The van der Waals surface area contributed by atoms with Crippen molar-refractivity contribution in [3.63, 3.8) is 0 Å². The van der Waals surface area contributed by atoms with E-state index in [1.807, 2.05) is 11.3 Å². The van der Waals surface area contributed by atoms with Crippen LogP contribution in [0.3, 0.4) is 0 Å². The molecule has 0 aliphatic heterocycles. The van der Waals surface area contributed by atoms with Gasteiger partial charge < -0.3 is 4.42 Å². The van der Waals surface area contributed by atoms with Gasteiger partial charge in [-0.25, -0.2) is 15.0 Å². The van der Waals surface area contributed by atoms with E-state index in [0.717, 1.165) is 66.1 Å². The van der Waals surface area contributed by atoms with Gasteiger partial charge in [-0.15, -0.1) is 11.3 Å². The first kappa shape index (κ1) is 32.7. The molecular formula is C53H31N3OS. The average Bonchev–Trinajstić information content (AvgIpc) is 3.85. The third-order valence-corrected chi connectivity index (χ3v) is 12.5. The number of furan rings is 1. The largest absolute Gasteiger partial charge is 0.456 e. The second-order valence-electron chi connectivity index (χ2n) is 14.8. The summed E-state index contributed by atoms with van der Waals surface area (Å²) in [5, 5.41) is 9.32. The number of hydrogen-bond donors (Lipinski definition) is 0. The lowest BCUT2D eigenvalue weighted by atomic mass is 9.95. The van der Waals surface area contributed by atoms with Crippen molar-refractivity contribution in [2.45, 2.75) is 0 Å². The summed E-state index contributed by atoms with van der Waals surface area (Å²) in [5.41, 5.74) is 8.86. The van der Waals surface area contributed by atoms with E-state index in [0.29, 0.717) is 17.5 Å². The topological polar surface area (TPSA) is 51.8 Å². The van der Waals surface area contributed by atoms with E-state index in [1.54, 1.807) is 0 Å². The van der Waals surface area contributed by atoms with Gasteiger partial charge in [0.2, 0.25) is 0 Å². The third kappa shape index (κ3) is 5.47. The minimum atomic E-state index is 0.582. The smallest absolute Gasteiger partial charge is 0.164 e. The van der Waals surface area contributed by atoms with E-state index in [-0.39, 0.29) is 0 Å². The van der Waals surface area contributed by atoms with E-state index >= 15 is 0 Å². The van der Waals surface area contributed by atoms with E-state index in [4.69, 9.17) is 19.4 Å². The molecule has 58 heavy (non-hydrogen) atoms. The van der Waals surface area contributed by atoms with Crippen molar-refractivity contribution in [3.05, 3.63) is 188 Å². The van der Waals surface area contributed by atoms with Crippen LogP contribution in [0.25, 0.3) is 120 Å². The number of aromatic nitrogens is 3. The molecule has 12 aromatic rings. The molecule has 0 spiro atoms. The molecule has 3 aromatic heterocycles. The first-order valence-corrected chi connectivity index (χ1v) is 20.2. The van der Waals surface area contributed by atoms with E-state index in [1.165, 1.54) is 36.5 Å². The SMILES string of the molecule is c1ccc(-c2cc(-c3nc(-c4ccc5ccccc5c4)nc(-c4ccc5c(c4)oc4cc6ccccc6cc45)n3)cc(-c3cccc4c3sc3ccccc34)c2)cc1. The Hall–Kier alpha value is -7.47. The summed E-state index contributed by atoms with van der Waals surface area (Å²) in [6.45, 7) is 0. The number of nitrogens with zero attached hydrogens (tertiary/aromatic N) is 3. The van der Waals surface area contributed by atoms with Crippen molar-refractivity contribution in [3.8, 4) is 56.4 Å². The maximum absolute atomic E-state index is 6.52. The Labute approximate surface area is 337 Å². The number of thiophene rings is 1. The highest BCUT2D eigenvalue weighted by Crippen LogP contribution is 2.42. The van der Waals surface area contributed by atoms with Gasteiger partial charge in [0.1, 0.15) is 11.2 Å². The molecule has 5 heteroatoms. The molecule has 0 aliphatic rings. The molecule has 0 fully saturated rings. The van der Waals surface area contributed by atoms with Crippen molar-refractivity contribution in [2.24, 2.45) is 0 Å². The van der Waals surface area contributed by atoms with Crippen LogP contribution < -0.4 is 0 Å². The van der Waals surface area contributed by atoms with E-state index in [2.05, 4.69) is 188 Å². The van der Waals surface area contributed by atoms with Crippen molar-refractivity contribution in [2.75, 3.05) is 0 Å². The van der Waals surface area contributed by atoms with Crippen LogP contribution in [0.4, 0.5) is 0 Å². The standard InChI is InChI=1S/C53H31N3OS/c1-2-11-32(12-3-1)39-26-40(42-18-10-19-45-44-17-8-9-20-49(44)58-50(42)45)28-41(27-39)53-55-51(37-22-21-33-13-4-5-14-34(33)25-37)54-52(56-53)38-23-24-43-46-29-35-15-6-7-16-36(35)30-48(46)57-47(43)31-38/h1-31H. The quantitative estimate of drug-likeness (QED) is 0.175. The third-order valence-electron chi connectivity index (χ3n) is 11.3. The van der Waals surface area contributed by atoms with Gasteiger partial charge in [0.15, 0.2) is 17.5 Å². The van der Waals surface area contributed by atoms with Gasteiger partial charge in [0.05, 0.1) is 0 Å². The zero-order valence-corrected chi connectivity index (χ0v) is 31.9. The van der Waals surface area contributed by atoms with Crippen LogP contribution in [0.1, 0.15) is 0 Å². The normalized spacial score (nSPS) is 11.8. The Morgan fingerprint density at radius 1 is 0.328 bits per heavy atom. The summed E-state index contributed by atoms with van der Waals surface area (Å²) < 4.78 is 9.06. The monoisotopic (exact) mass is 757 g/mol. The van der Waals surface area contributed by atoms with Crippen molar-refractivity contribution in [1.29, 1.82) is 0 Å². The van der Waals surface area contributed by atoms with Gasteiger partial charge >= 0.3 is 0 Å². The summed E-state index contributed by atoms with van der Waals surface area (Å²) in [7, 11) is 0. The van der Waals surface area contributed by atoms with Crippen molar-refractivity contribution < 1.29 is 4.42 Å². The molecule has 0 N–H and O–H groups in total. The highest BCUT2D eigenvalue weighted by Gasteiger charge is 2.18. The Bertz CT molecular complexity index is 3590. The fourth-order valence-corrected chi connectivity index (χ4v) is 9.62. The molecule has 0 saturated carbocycles. The zero-order chi connectivity index (χ0) is 38.2. The summed E-state index contributed by atoms with van der Waals surface area (Å²) in [6.07, 6.45) is 0. The lowest BCUT2D eigenvalue weighted by Gasteiger charge is -2.13. The second kappa shape index (κ2) is 13.1. The molecule has 0 radical (unpaired) electrons. The molecule has 0 unspecified atom stereocenters. The van der Waals surface area contributed by atoms with Crippen LogP contribution in [0.2, 0.25) is 0 Å². The molecule has 0 amide bonds. The van der Waals surface area contributed by atoms with Crippen LogP contribution in [-0.2, 0) is 0 Å². The zero-order valence-electron chi connectivity index (χ0n) is 31.1. The predicted molar refractivity (Wildman–Crippen MR) is 242 cm³/mol. The van der Waals surface area contributed by atoms with Crippen LogP contribution in [0, 0.1) is 0 Å². The van der Waals surface area contributed by atoms with Crippen LogP contribution in [0.5, 0.6) is 0 Å². The molecule has 0 aliphatic carbocycles. The van der Waals surface area contributed by atoms with E-state index in [9.17, 15) is 0 Å². The Kier molecular flexibility index (Phi) is 7.37. The van der Waals surface area contributed by atoms with Gasteiger partial charge in [-0.2, -0.15) is 0 Å². The summed E-state index contributed by atoms with van der Waals surface area (Å²) in [4.78, 5) is 15.7. The van der Waals surface area contributed by atoms with Gasteiger partial charge in [0, 0.05) is 47.6 Å². The minimum Gasteiger partial charge on any atom is -0.456 e. The van der Waals surface area contributed by atoms with Gasteiger partial charge in [-0.05, 0) is 98.4 Å².